The Morgan fingerprint density at radius 3 is 2.59 bits per heavy atom. The number of nitrogens with zero attached hydrogens (tertiary/aromatic N) is 1. The fourth-order valence-corrected chi connectivity index (χ4v) is 3.91. The number of thiophene rings is 1. The first-order valence-corrected chi connectivity index (χ1v) is 9.45. The maximum atomic E-state index is 12.3. The smallest absolute Gasteiger partial charge is 0.273 e. The van der Waals surface area contributed by atoms with E-state index in [2.05, 4.69) is 37.6 Å². The van der Waals surface area contributed by atoms with Crippen molar-refractivity contribution in [1.82, 2.24) is 5.16 Å². The molecule has 1 N–H and O–H groups in total. The predicted molar refractivity (Wildman–Crippen MR) is 90.4 cm³/mol. The van der Waals surface area contributed by atoms with E-state index in [0.717, 1.165) is 11.3 Å². The standard InChI is InChI=1S/C14H15BrN2O3S2/c1-9-12(15)13(20-16-9)17-22(18,19)11-6-5-10(21-11)7-8-14(2,3)4/h5-6,17H,1-4H3. The summed E-state index contributed by atoms with van der Waals surface area (Å²) in [4.78, 5) is 0.697. The van der Waals surface area contributed by atoms with Gasteiger partial charge in [0.1, 0.15) is 8.68 Å². The van der Waals surface area contributed by atoms with Crippen molar-refractivity contribution >= 4 is 43.2 Å². The normalized spacial score (nSPS) is 11.9. The highest BCUT2D eigenvalue weighted by Crippen LogP contribution is 2.29. The molecule has 0 fully saturated rings. The second-order valence-corrected chi connectivity index (χ2v) is 9.42. The maximum Gasteiger partial charge on any atom is 0.273 e. The Bertz CT molecular complexity index is 849. The van der Waals surface area contributed by atoms with Gasteiger partial charge < -0.3 is 4.52 Å². The van der Waals surface area contributed by atoms with Crippen LogP contribution in [-0.2, 0) is 10.0 Å². The van der Waals surface area contributed by atoms with E-state index < -0.39 is 10.0 Å². The zero-order valence-corrected chi connectivity index (χ0v) is 15.7. The average Bonchev–Trinajstić information content (AvgIpc) is 2.98. The van der Waals surface area contributed by atoms with Gasteiger partial charge in [-0.2, -0.15) is 0 Å². The van der Waals surface area contributed by atoms with Gasteiger partial charge in [-0.15, -0.1) is 11.3 Å². The molecule has 2 aromatic heterocycles. The summed E-state index contributed by atoms with van der Waals surface area (Å²) in [6, 6.07) is 3.22. The van der Waals surface area contributed by atoms with Crippen molar-refractivity contribution < 1.29 is 12.9 Å². The minimum absolute atomic E-state index is 0.0632. The van der Waals surface area contributed by atoms with Gasteiger partial charge in [0, 0.05) is 5.41 Å². The van der Waals surface area contributed by atoms with Gasteiger partial charge in [-0.25, -0.2) is 13.1 Å². The summed E-state index contributed by atoms with van der Waals surface area (Å²) >= 11 is 4.34. The third-order valence-electron chi connectivity index (χ3n) is 2.42. The third-order valence-corrected chi connectivity index (χ3v) is 6.18. The summed E-state index contributed by atoms with van der Waals surface area (Å²) in [5.74, 6) is 6.13. The Labute approximate surface area is 142 Å². The summed E-state index contributed by atoms with van der Waals surface area (Å²) in [5, 5.41) is 3.69. The van der Waals surface area contributed by atoms with E-state index >= 15 is 0 Å². The molecule has 22 heavy (non-hydrogen) atoms. The van der Waals surface area contributed by atoms with E-state index in [9.17, 15) is 8.42 Å². The molecule has 5 nitrogen and oxygen atoms in total. The van der Waals surface area contributed by atoms with E-state index in [1.54, 1.807) is 13.0 Å². The first kappa shape index (κ1) is 17.1. The lowest BCUT2D eigenvalue weighted by molar-refractivity contribution is 0.430. The molecule has 8 heteroatoms. The Morgan fingerprint density at radius 1 is 1.36 bits per heavy atom. The first-order chi connectivity index (χ1) is 10.1. The molecule has 0 saturated heterocycles. The van der Waals surface area contributed by atoms with Crippen LogP contribution in [0.3, 0.4) is 0 Å². The van der Waals surface area contributed by atoms with Gasteiger partial charge in [0.15, 0.2) is 0 Å². The molecule has 0 radical (unpaired) electrons. The summed E-state index contributed by atoms with van der Waals surface area (Å²) in [6.45, 7) is 7.69. The van der Waals surface area contributed by atoms with Gasteiger partial charge >= 0.3 is 0 Å². The Morgan fingerprint density at radius 2 is 2.05 bits per heavy atom. The lowest BCUT2D eigenvalue weighted by Gasteiger charge is -2.06. The van der Waals surface area contributed by atoms with Gasteiger partial charge in [-0.3, -0.25) is 0 Å². The molecule has 0 aromatic carbocycles. The third kappa shape index (κ3) is 4.12. The molecule has 118 valence electrons. The summed E-state index contributed by atoms with van der Waals surface area (Å²) in [6.07, 6.45) is 0. The predicted octanol–water partition coefficient (Wildman–Crippen LogP) is 4.01. The number of anilines is 1. The number of sulfonamides is 1. The highest BCUT2D eigenvalue weighted by atomic mass is 79.9. The van der Waals surface area contributed by atoms with Crippen molar-refractivity contribution in [2.45, 2.75) is 31.9 Å². The van der Waals surface area contributed by atoms with Crippen molar-refractivity contribution in [2.24, 2.45) is 5.41 Å². The molecule has 0 bridgehead atoms. The average molecular weight is 403 g/mol. The van der Waals surface area contributed by atoms with Crippen LogP contribution in [0.5, 0.6) is 0 Å². The van der Waals surface area contributed by atoms with Crippen LogP contribution in [0.2, 0.25) is 0 Å². The van der Waals surface area contributed by atoms with E-state index in [1.807, 2.05) is 20.8 Å². The topological polar surface area (TPSA) is 72.2 Å². The Kier molecular flexibility index (Phi) is 4.70. The van der Waals surface area contributed by atoms with Crippen LogP contribution < -0.4 is 4.72 Å². The fraction of sp³-hybridized carbons (Fsp3) is 0.357. The van der Waals surface area contributed by atoms with Gasteiger partial charge in [0.05, 0.1) is 10.6 Å². The van der Waals surface area contributed by atoms with E-state index in [-0.39, 0.29) is 15.5 Å². The summed E-state index contributed by atoms with van der Waals surface area (Å²) in [5.41, 5.74) is 0.435. The van der Waals surface area contributed by atoms with Crippen LogP contribution in [0.4, 0.5) is 5.88 Å². The molecule has 2 aromatic rings. The zero-order valence-electron chi connectivity index (χ0n) is 12.5. The molecule has 0 amide bonds. The number of hydrogen-bond acceptors (Lipinski definition) is 5. The van der Waals surface area contributed by atoms with Crippen molar-refractivity contribution in [1.29, 1.82) is 0 Å². The second kappa shape index (κ2) is 6.07. The van der Waals surface area contributed by atoms with Gasteiger partial charge in [-0.1, -0.05) is 17.0 Å². The molecule has 0 aliphatic heterocycles. The van der Waals surface area contributed by atoms with Gasteiger partial charge in [0.2, 0.25) is 0 Å². The van der Waals surface area contributed by atoms with E-state index in [4.69, 9.17) is 4.52 Å². The molecule has 2 heterocycles. The molecule has 0 saturated carbocycles. The quantitative estimate of drug-likeness (QED) is 0.787. The first-order valence-electron chi connectivity index (χ1n) is 6.36. The highest BCUT2D eigenvalue weighted by Gasteiger charge is 2.21. The van der Waals surface area contributed by atoms with Crippen molar-refractivity contribution in [3.8, 4) is 11.8 Å². The minimum atomic E-state index is -3.72. The molecular weight excluding hydrogens is 388 g/mol. The van der Waals surface area contributed by atoms with Crippen molar-refractivity contribution in [3.05, 3.63) is 27.2 Å². The van der Waals surface area contributed by atoms with Crippen LogP contribution in [0.15, 0.2) is 25.3 Å². The second-order valence-electron chi connectivity index (χ2n) is 5.64. The number of nitrogens with one attached hydrogen (secondary N) is 1. The minimum Gasteiger partial charge on any atom is -0.336 e. The van der Waals surface area contributed by atoms with Crippen LogP contribution >= 0.6 is 27.3 Å². The van der Waals surface area contributed by atoms with Gasteiger partial charge in [0.25, 0.3) is 15.9 Å². The number of hydrogen-bond donors (Lipinski definition) is 1. The van der Waals surface area contributed by atoms with Crippen molar-refractivity contribution in [2.75, 3.05) is 4.72 Å². The highest BCUT2D eigenvalue weighted by molar-refractivity contribution is 9.10. The lowest BCUT2D eigenvalue weighted by atomic mass is 9.98. The maximum absolute atomic E-state index is 12.3. The summed E-state index contributed by atoms with van der Waals surface area (Å²) < 4.78 is 32.6. The van der Waals surface area contributed by atoms with Crippen LogP contribution in [-0.4, -0.2) is 13.6 Å². The van der Waals surface area contributed by atoms with E-state index in [0.29, 0.717) is 15.0 Å². The van der Waals surface area contributed by atoms with E-state index in [1.165, 1.54) is 6.07 Å². The number of rotatable bonds is 3. The van der Waals surface area contributed by atoms with Gasteiger partial charge in [-0.05, 0) is 55.8 Å². The largest absolute Gasteiger partial charge is 0.336 e. The monoisotopic (exact) mass is 402 g/mol. The van der Waals surface area contributed by atoms with Crippen molar-refractivity contribution in [3.63, 3.8) is 0 Å². The Hall–Kier alpha value is -1.30. The fourth-order valence-electron chi connectivity index (χ4n) is 1.38. The number of aromatic nitrogens is 1. The molecule has 0 aliphatic rings. The zero-order chi connectivity index (χ0) is 16.5. The molecule has 2 rings (SSSR count). The summed E-state index contributed by atoms with van der Waals surface area (Å²) in [7, 11) is -3.72. The van der Waals surface area contributed by atoms with Crippen LogP contribution in [0.1, 0.15) is 31.3 Å². The number of halogens is 1. The van der Waals surface area contributed by atoms with Crippen LogP contribution in [0, 0.1) is 24.2 Å². The molecule has 0 unspecified atom stereocenters. The lowest BCUT2D eigenvalue weighted by Crippen LogP contribution is -2.11. The Balaban J connectivity index is 2.25. The molecule has 0 aliphatic carbocycles. The molecule has 0 spiro atoms. The number of aryl methyl sites for hydroxylation is 1. The molecular formula is C14H15BrN2O3S2. The van der Waals surface area contributed by atoms with Crippen LogP contribution in [0.25, 0.3) is 0 Å². The SMILES string of the molecule is Cc1noc(NS(=O)(=O)c2ccc(C#CC(C)(C)C)s2)c1Br. The molecule has 0 atom stereocenters.